The summed E-state index contributed by atoms with van der Waals surface area (Å²) in [7, 11) is 0. The highest BCUT2D eigenvalue weighted by molar-refractivity contribution is 7.22. The molecule has 3 rings (SSSR count). The van der Waals surface area contributed by atoms with Gasteiger partial charge in [-0.1, -0.05) is 11.3 Å². The lowest BCUT2D eigenvalue weighted by Gasteiger charge is -1.94. The van der Waals surface area contributed by atoms with Gasteiger partial charge in [0.1, 0.15) is 0 Å². The van der Waals surface area contributed by atoms with E-state index in [9.17, 15) is 0 Å². The van der Waals surface area contributed by atoms with Gasteiger partial charge in [0.2, 0.25) is 0 Å². The second-order valence-electron chi connectivity index (χ2n) is 3.66. The van der Waals surface area contributed by atoms with E-state index in [0.717, 1.165) is 16.3 Å². The van der Waals surface area contributed by atoms with Gasteiger partial charge in [-0.15, -0.1) is 0 Å². The van der Waals surface area contributed by atoms with Crippen LogP contribution in [-0.4, -0.2) is 11.0 Å². The van der Waals surface area contributed by atoms with E-state index in [2.05, 4.69) is 10.3 Å². The minimum atomic E-state index is 0.660. The number of rotatable bonds is 2. The van der Waals surface area contributed by atoms with Crippen LogP contribution in [0, 0.1) is 0 Å². The van der Waals surface area contributed by atoms with Crippen molar-refractivity contribution in [1.82, 2.24) is 4.98 Å². The van der Waals surface area contributed by atoms with Gasteiger partial charge in [-0.05, 0) is 31.0 Å². The molecule has 3 N–H and O–H groups in total. The van der Waals surface area contributed by atoms with Gasteiger partial charge in [-0.25, -0.2) is 4.98 Å². The molecular formula is C10H11N3S. The van der Waals surface area contributed by atoms with Gasteiger partial charge < -0.3 is 11.1 Å². The molecule has 1 aliphatic rings. The molecule has 72 valence electrons. The van der Waals surface area contributed by atoms with E-state index in [-0.39, 0.29) is 0 Å². The lowest BCUT2D eigenvalue weighted by molar-refractivity contribution is 1.14. The molecule has 14 heavy (non-hydrogen) atoms. The van der Waals surface area contributed by atoms with Crippen LogP contribution in [0.4, 0.5) is 10.8 Å². The number of nitrogens with one attached hydrogen (secondary N) is 1. The number of aromatic nitrogens is 1. The summed E-state index contributed by atoms with van der Waals surface area (Å²) in [5, 5.41) is 4.41. The third kappa shape index (κ3) is 1.42. The molecule has 0 amide bonds. The molecule has 2 aromatic rings. The first kappa shape index (κ1) is 8.05. The molecule has 1 heterocycles. The van der Waals surface area contributed by atoms with Crippen LogP contribution in [0.1, 0.15) is 12.8 Å². The minimum Gasteiger partial charge on any atom is -0.399 e. The fourth-order valence-electron chi connectivity index (χ4n) is 1.41. The Bertz CT molecular complexity index is 473. The Morgan fingerprint density at radius 3 is 3.07 bits per heavy atom. The maximum Gasteiger partial charge on any atom is 0.184 e. The zero-order valence-corrected chi connectivity index (χ0v) is 8.47. The third-order valence-electron chi connectivity index (χ3n) is 2.32. The molecule has 0 atom stereocenters. The van der Waals surface area contributed by atoms with Crippen molar-refractivity contribution in [3.05, 3.63) is 18.2 Å². The summed E-state index contributed by atoms with van der Waals surface area (Å²) >= 11 is 1.70. The van der Waals surface area contributed by atoms with Crippen LogP contribution in [-0.2, 0) is 0 Å². The van der Waals surface area contributed by atoms with E-state index in [0.29, 0.717) is 6.04 Å². The number of anilines is 2. The van der Waals surface area contributed by atoms with Crippen LogP contribution in [0.5, 0.6) is 0 Å². The molecule has 0 bridgehead atoms. The number of hydrogen-bond acceptors (Lipinski definition) is 4. The van der Waals surface area contributed by atoms with Crippen molar-refractivity contribution in [3.8, 4) is 0 Å². The minimum absolute atomic E-state index is 0.660. The summed E-state index contributed by atoms with van der Waals surface area (Å²) in [5.74, 6) is 0. The van der Waals surface area contributed by atoms with Crippen LogP contribution >= 0.6 is 11.3 Å². The number of nitrogen functional groups attached to an aromatic ring is 1. The van der Waals surface area contributed by atoms with E-state index in [1.54, 1.807) is 11.3 Å². The fourth-order valence-corrected chi connectivity index (χ4v) is 2.33. The second kappa shape index (κ2) is 2.85. The number of nitrogens with zero attached hydrogens (tertiary/aromatic N) is 1. The Labute approximate surface area is 86.0 Å². The second-order valence-corrected chi connectivity index (χ2v) is 4.70. The first-order valence-corrected chi connectivity index (χ1v) is 5.55. The zero-order valence-electron chi connectivity index (χ0n) is 7.66. The molecule has 1 aliphatic carbocycles. The van der Waals surface area contributed by atoms with Crippen molar-refractivity contribution >= 4 is 32.4 Å². The predicted molar refractivity (Wildman–Crippen MR) is 60.7 cm³/mol. The maximum absolute atomic E-state index is 5.69. The van der Waals surface area contributed by atoms with Gasteiger partial charge >= 0.3 is 0 Å². The highest BCUT2D eigenvalue weighted by atomic mass is 32.1. The van der Waals surface area contributed by atoms with Gasteiger partial charge in [-0.2, -0.15) is 0 Å². The van der Waals surface area contributed by atoms with Crippen molar-refractivity contribution < 1.29 is 0 Å². The van der Waals surface area contributed by atoms with Gasteiger partial charge in [0.15, 0.2) is 5.13 Å². The monoisotopic (exact) mass is 205 g/mol. The topological polar surface area (TPSA) is 50.9 Å². The summed E-state index contributed by atoms with van der Waals surface area (Å²) in [6, 6.07) is 6.53. The number of fused-ring (bicyclic) bond motifs is 1. The van der Waals surface area contributed by atoms with E-state index in [1.807, 2.05) is 18.2 Å². The molecule has 0 aliphatic heterocycles. The van der Waals surface area contributed by atoms with Gasteiger partial charge in [0.05, 0.1) is 10.2 Å². The van der Waals surface area contributed by atoms with Gasteiger partial charge in [0.25, 0.3) is 0 Å². The van der Waals surface area contributed by atoms with E-state index in [4.69, 9.17) is 5.73 Å². The molecule has 0 unspecified atom stereocenters. The normalized spacial score (nSPS) is 16.0. The standard InChI is InChI=1S/C10H11N3S/c11-6-1-4-9-8(5-6)13-10(14-9)12-7-2-3-7/h1,4-5,7H,2-3,11H2,(H,12,13). The highest BCUT2D eigenvalue weighted by Crippen LogP contribution is 2.31. The molecule has 1 fully saturated rings. The van der Waals surface area contributed by atoms with E-state index in [1.165, 1.54) is 17.5 Å². The van der Waals surface area contributed by atoms with Crippen molar-refractivity contribution in [2.75, 3.05) is 11.1 Å². The molecular weight excluding hydrogens is 194 g/mol. The lowest BCUT2D eigenvalue weighted by atomic mass is 10.3. The molecule has 4 heteroatoms. The molecule has 1 aromatic heterocycles. The molecule has 1 saturated carbocycles. The van der Waals surface area contributed by atoms with E-state index >= 15 is 0 Å². The maximum atomic E-state index is 5.69. The lowest BCUT2D eigenvalue weighted by Crippen LogP contribution is -1.99. The fraction of sp³-hybridized carbons (Fsp3) is 0.300. The smallest absolute Gasteiger partial charge is 0.184 e. The summed E-state index contributed by atoms with van der Waals surface area (Å²) in [4.78, 5) is 4.48. The molecule has 1 aromatic carbocycles. The number of hydrogen-bond donors (Lipinski definition) is 2. The molecule has 3 nitrogen and oxygen atoms in total. The van der Waals surface area contributed by atoms with Crippen LogP contribution in [0.15, 0.2) is 18.2 Å². The van der Waals surface area contributed by atoms with Crippen molar-refractivity contribution in [1.29, 1.82) is 0 Å². The summed E-state index contributed by atoms with van der Waals surface area (Å²) in [6.45, 7) is 0. The summed E-state index contributed by atoms with van der Waals surface area (Å²) in [6.07, 6.45) is 2.55. The number of nitrogens with two attached hydrogens (primary N) is 1. The number of benzene rings is 1. The highest BCUT2D eigenvalue weighted by Gasteiger charge is 2.22. The van der Waals surface area contributed by atoms with Crippen LogP contribution in [0.25, 0.3) is 10.2 Å². The molecule has 0 spiro atoms. The van der Waals surface area contributed by atoms with Crippen molar-refractivity contribution in [2.24, 2.45) is 0 Å². The Morgan fingerprint density at radius 2 is 2.29 bits per heavy atom. The first-order chi connectivity index (χ1) is 6.81. The Hall–Kier alpha value is -1.29. The van der Waals surface area contributed by atoms with E-state index < -0.39 is 0 Å². The average Bonchev–Trinajstić information content (AvgIpc) is 2.84. The van der Waals surface area contributed by atoms with Gasteiger partial charge in [0, 0.05) is 11.7 Å². The summed E-state index contributed by atoms with van der Waals surface area (Å²) < 4.78 is 1.20. The average molecular weight is 205 g/mol. The first-order valence-electron chi connectivity index (χ1n) is 4.74. The van der Waals surface area contributed by atoms with Crippen LogP contribution in [0.3, 0.4) is 0 Å². The van der Waals surface area contributed by atoms with Crippen LogP contribution in [0.2, 0.25) is 0 Å². The molecule has 0 saturated heterocycles. The largest absolute Gasteiger partial charge is 0.399 e. The van der Waals surface area contributed by atoms with Crippen LogP contribution < -0.4 is 11.1 Å². The van der Waals surface area contributed by atoms with Crippen molar-refractivity contribution in [3.63, 3.8) is 0 Å². The quantitative estimate of drug-likeness (QED) is 0.740. The zero-order chi connectivity index (χ0) is 9.54. The number of thiazole rings is 1. The third-order valence-corrected chi connectivity index (χ3v) is 3.28. The Kier molecular flexibility index (Phi) is 1.64. The van der Waals surface area contributed by atoms with Crippen molar-refractivity contribution in [2.45, 2.75) is 18.9 Å². The Morgan fingerprint density at radius 1 is 1.43 bits per heavy atom. The summed E-state index contributed by atoms with van der Waals surface area (Å²) in [5.41, 5.74) is 7.47. The molecule has 0 radical (unpaired) electrons. The predicted octanol–water partition coefficient (Wildman–Crippen LogP) is 2.45. The Balaban J connectivity index is 2.01. The SMILES string of the molecule is Nc1ccc2sc(NC3CC3)nc2c1. The van der Waals surface area contributed by atoms with Gasteiger partial charge in [-0.3, -0.25) is 0 Å².